The van der Waals surface area contributed by atoms with Gasteiger partial charge in [-0.3, -0.25) is 0 Å². The van der Waals surface area contributed by atoms with Crippen molar-refractivity contribution in [3.63, 3.8) is 0 Å². The molecule has 138 valence electrons. The lowest BCUT2D eigenvalue weighted by Crippen LogP contribution is -2.06. The highest BCUT2D eigenvalue weighted by molar-refractivity contribution is 6.11. The lowest BCUT2D eigenvalue weighted by Gasteiger charge is -2.03. The van der Waals surface area contributed by atoms with Crippen LogP contribution in [0.3, 0.4) is 0 Å². The summed E-state index contributed by atoms with van der Waals surface area (Å²) in [6.45, 7) is 5.89. The molecule has 6 nitrogen and oxygen atoms in total. The second-order valence-corrected chi connectivity index (χ2v) is 5.71. The summed E-state index contributed by atoms with van der Waals surface area (Å²) in [5.74, 6) is 0.358. The predicted molar refractivity (Wildman–Crippen MR) is 104 cm³/mol. The molecule has 1 aliphatic rings. The minimum atomic E-state index is -0.317. The first-order valence-corrected chi connectivity index (χ1v) is 8.11. The van der Waals surface area contributed by atoms with Crippen molar-refractivity contribution in [1.82, 2.24) is 9.97 Å². The standard InChI is InChI=1S/C19H21N3O3.ClH/c1-5-25-19(23)18-11(2)14(21-12(18)3)9-16-17(24-4)10-15(22-16)13-7-6-8-20-13;/h6-10,20-21H,5H2,1-4H3;1H/b16-9-;. The van der Waals surface area contributed by atoms with Crippen LogP contribution < -0.4 is 0 Å². The van der Waals surface area contributed by atoms with Crippen molar-refractivity contribution >= 4 is 30.2 Å². The average molecular weight is 376 g/mol. The van der Waals surface area contributed by atoms with Gasteiger partial charge in [0.05, 0.1) is 30.7 Å². The quantitative estimate of drug-likeness (QED) is 0.777. The minimum absolute atomic E-state index is 0. The molecule has 0 atom stereocenters. The Morgan fingerprint density at radius 1 is 1.35 bits per heavy atom. The maximum atomic E-state index is 12.1. The van der Waals surface area contributed by atoms with Crippen molar-refractivity contribution in [2.24, 2.45) is 4.99 Å². The number of carbonyl (C=O) groups excluding carboxylic acids is 1. The molecule has 2 aromatic rings. The number of esters is 1. The molecule has 3 heterocycles. The molecule has 0 amide bonds. The number of aromatic amines is 2. The summed E-state index contributed by atoms with van der Waals surface area (Å²) in [6, 6.07) is 3.87. The normalized spacial score (nSPS) is 14.7. The third-order valence-corrected chi connectivity index (χ3v) is 4.09. The Hall–Kier alpha value is -2.73. The molecule has 2 N–H and O–H groups in total. The van der Waals surface area contributed by atoms with Crippen LogP contribution in [-0.2, 0) is 9.47 Å². The summed E-state index contributed by atoms with van der Waals surface area (Å²) < 4.78 is 10.6. The number of nitrogens with zero attached hydrogens (tertiary/aromatic N) is 1. The highest BCUT2D eigenvalue weighted by Crippen LogP contribution is 2.27. The van der Waals surface area contributed by atoms with Gasteiger partial charge in [-0.05, 0) is 44.5 Å². The van der Waals surface area contributed by atoms with Crippen LogP contribution in [0.4, 0.5) is 0 Å². The first-order valence-electron chi connectivity index (χ1n) is 8.11. The molecule has 0 spiro atoms. The fraction of sp³-hybridized carbons (Fsp3) is 0.263. The first kappa shape index (κ1) is 19.6. The van der Waals surface area contributed by atoms with Gasteiger partial charge in [0.2, 0.25) is 0 Å². The van der Waals surface area contributed by atoms with E-state index in [1.54, 1.807) is 14.0 Å². The zero-order chi connectivity index (χ0) is 18.0. The van der Waals surface area contributed by atoms with E-state index < -0.39 is 0 Å². The van der Waals surface area contributed by atoms with Crippen molar-refractivity contribution in [3.05, 3.63) is 64.1 Å². The van der Waals surface area contributed by atoms with Crippen LogP contribution in [0.15, 0.2) is 40.9 Å². The second kappa shape index (κ2) is 8.10. The largest absolute Gasteiger partial charge is 0.494 e. The Morgan fingerprint density at radius 3 is 2.73 bits per heavy atom. The molecule has 1 aliphatic heterocycles. The summed E-state index contributed by atoms with van der Waals surface area (Å²) in [6.07, 6.45) is 5.62. The van der Waals surface area contributed by atoms with Crippen LogP contribution in [0.1, 0.15) is 39.9 Å². The first-order chi connectivity index (χ1) is 12.0. The Morgan fingerprint density at radius 2 is 2.12 bits per heavy atom. The van der Waals surface area contributed by atoms with E-state index in [4.69, 9.17) is 9.47 Å². The smallest absolute Gasteiger partial charge is 0.340 e. The number of halogens is 1. The molecule has 0 saturated carbocycles. The van der Waals surface area contributed by atoms with Gasteiger partial charge in [0.25, 0.3) is 0 Å². The lowest BCUT2D eigenvalue weighted by molar-refractivity contribution is 0.0525. The number of nitrogens with one attached hydrogen (secondary N) is 2. The van der Waals surface area contributed by atoms with Crippen LogP contribution in [0.25, 0.3) is 6.08 Å². The summed E-state index contributed by atoms with van der Waals surface area (Å²) in [7, 11) is 1.61. The molecular formula is C19H22ClN3O3. The monoisotopic (exact) mass is 375 g/mol. The van der Waals surface area contributed by atoms with Crippen LogP contribution in [-0.4, -0.2) is 35.4 Å². The number of methoxy groups -OCH3 is 1. The number of ether oxygens (including phenoxy) is 2. The maximum Gasteiger partial charge on any atom is 0.340 e. The van der Waals surface area contributed by atoms with E-state index in [0.29, 0.717) is 23.6 Å². The average Bonchev–Trinajstić information content (AvgIpc) is 3.28. The van der Waals surface area contributed by atoms with Gasteiger partial charge in [0.1, 0.15) is 11.5 Å². The molecule has 2 aromatic heterocycles. The fourth-order valence-corrected chi connectivity index (χ4v) is 2.87. The van der Waals surface area contributed by atoms with Gasteiger partial charge >= 0.3 is 5.97 Å². The molecule has 0 aliphatic carbocycles. The Kier molecular flexibility index (Phi) is 6.10. The zero-order valence-corrected chi connectivity index (χ0v) is 16.0. The maximum absolute atomic E-state index is 12.1. The summed E-state index contributed by atoms with van der Waals surface area (Å²) in [5, 5.41) is 0. The Bertz CT molecular complexity index is 890. The van der Waals surface area contributed by atoms with Crippen molar-refractivity contribution in [3.8, 4) is 0 Å². The van der Waals surface area contributed by atoms with E-state index in [2.05, 4.69) is 15.0 Å². The molecule has 0 radical (unpaired) electrons. The van der Waals surface area contributed by atoms with Gasteiger partial charge in [-0.1, -0.05) is 0 Å². The van der Waals surface area contributed by atoms with Gasteiger partial charge in [0.15, 0.2) is 0 Å². The molecule has 0 fully saturated rings. The predicted octanol–water partition coefficient (Wildman–Crippen LogP) is 3.93. The van der Waals surface area contributed by atoms with E-state index in [1.807, 2.05) is 44.3 Å². The van der Waals surface area contributed by atoms with Gasteiger partial charge in [-0.25, -0.2) is 9.79 Å². The number of rotatable bonds is 5. The molecule has 0 saturated heterocycles. The number of hydrogen-bond donors (Lipinski definition) is 2. The number of hydrogen-bond acceptors (Lipinski definition) is 4. The van der Waals surface area contributed by atoms with E-state index in [9.17, 15) is 4.79 Å². The molecule has 3 rings (SSSR count). The fourth-order valence-electron chi connectivity index (χ4n) is 2.87. The zero-order valence-electron chi connectivity index (χ0n) is 15.2. The molecule has 0 unspecified atom stereocenters. The van der Waals surface area contributed by atoms with E-state index >= 15 is 0 Å². The number of carbonyl (C=O) groups is 1. The number of aliphatic imine (C=N–C) groups is 1. The van der Waals surface area contributed by atoms with E-state index in [0.717, 1.165) is 28.4 Å². The number of allylic oxidation sites excluding steroid dienone is 1. The lowest BCUT2D eigenvalue weighted by atomic mass is 10.1. The van der Waals surface area contributed by atoms with Crippen LogP contribution in [0, 0.1) is 13.8 Å². The second-order valence-electron chi connectivity index (χ2n) is 5.71. The summed E-state index contributed by atoms with van der Waals surface area (Å²) in [4.78, 5) is 23.1. The van der Waals surface area contributed by atoms with Crippen LogP contribution >= 0.6 is 12.4 Å². The third-order valence-electron chi connectivity index (χ3n) is 4.09. The number of aryl methyl sites for hydroxylation is 1. The highest BCUT2D eigenvalue weighted by Gasteiger charge is 2.21. The third kappa shape index (κ3) is 3.60. The minimum Gasteiger partial charge on any atom is -0.494 e. The Labute approximate surface area is 158 Å². The van der Waals surface area contributed by atoms with Crippen molar-refractivity contribution in [1.29, 1.82) is 0 Å². The number of H-pyrrole nitrogens is 2. The molecule has 0 aromatic carbocycles. The van der Waals surface area contributed by atoms with Gasteiger partial charge in [-0.15, -0.1) is 12.4 Å². The molecular weight excluding hydrogens is 354 g/mol. The summed E-state index contributed by atoms with van der Waals surface area (Å²) in [5.41, 5.74) is 5.43. The van der Waals surface area contributed by atoms with Crippen LogP contribution in [0.5, 0.6) is 0 Å². The Balaban J connectivity index is 0.00000243. The number of aromatic nitrogens is 2. The summed E-state index contributed by atoms with van der Waals surface area (Å²) >= 11 is 0. The van der Waals surface area contributed by atoms with Gasteiger partial charge in [-0.2, -0.15) is 0 Å². The molecule has 7 heteroatoms. The van der Waals surface area contributed by atoms with Crippen LogP contribution in [0.2, 0.25) is 0 Å². The van der Waals surface area contributed by atoms with Crippen molar-refractivity contribution in [2.45, 2.75) is 20.8 Å². The SMILES string of the molecule is CCOC(=O)c1c(C)[nH]c(/C=C2\N=C(c3ccc[nH]3)C=C2OC)c1C.Cl. The highest BCUT2D eigenvalue weighted by atomic mass is 35.5. The molecule has 26 heavy (non-hydrogen) atoms. The van der Waals surface area contributed by atoms with E-state index in [1.165, 1.54) is 0 Å². The van der Waals surface area contributed by atoms with Crippen molar-refractivity contribution < 1.29 is 14.3 Å². The topological polar surface area (TPSA) is 79.5 Å². The van der Waals surface area contributed by atoms with Gasteiger partial charge < -0.3 is 19.4 Å². The molecule has 0 bridgehead atoms. The van der Waals surface area contributed by atoms with Gasteiger partial charge in [0, 0.05) is 23.7 Å². The van der Waals surface area contributed by atoms with Crippen molar-refractivity contribution in [2.75, 3.05) is 13.7 Å². The van der Waals surface area contributed by atoms with E-state index in [-0.39, 0.29) is 18.4 Å².